The zero-order chi connectivity index (χ0) is 12.5. The number of hydrogen-bond donors (Lipinski definition) is 1. The summed E-state index contributed by atoms with van der Waals surface area (Å²) in [5.41, 5.74) is 0.835. The van der Waals surface area contributed by atoms with Crippen molar-refractivity contribution < 1.29 is 9.21 Å². The van der Waals surface area contributed by atoms with Gasteiger partial charge in [-0.3, -0.25) is 4.79 Å². The molecule has 2 rings (SSSR count). The van der Waals surface area contributed by atoms with Gasteiger partial charge in [-0.1, -0.05) is 0 Å². The first-order valence-corrected chi connectivity index (χ1v) is 6.02. The smallest absolute Gasteiger partial charge is 0.229 e. The highest BCUT2D eigenvalue weighted by Gasteiger charge is 2.38. The number of carbonyl (C=O) groups is 1. The molecule has 1 atom stereocenters. The van der Waals surface area contributed by atoms with Crippen LogP contribution < -0.4 is 5.32 Å². The molecular formula is C13H20N2O2. The van der Waals surface area contributed by atoms with Gasteiger partial charge in [0.15, 0.2) is 0 Å². The molecule has 2 heterocycles. The molecule has 1 fully saturated rings. The number of amides is 1. The van der Waals surface area contributed by atoms with Gasteiger partial charge in [-0.15, -0.1) is 0 Å². The molecule has 94 valence electrons. The fourth-order valence-electron chi connectivity index (χ4n) is 2.36. The zero-order valence-corrected chi connectivity index (χ0v) is 10.7. The second-order valence-electron chi connectivity index (χ2n) is 5.15. The third-order valence-electron chi connectivity index (χ3n) is 3.61. The van der Waals surface area contributed by atoms with Gasteiger partial charge in [0, 0.05) is 25.7 Å². The van der Waals surface area contributed by atoms with Gasteiger partial charge in [0.05, 0.1) is 11.7 Å². The molecule has 17 heavy (non-hydrogen) atoms. The molecule has 1 aromatic rings. The van der Waals surface area contributed by atoms with Crippen LogP contribution in [0.5, 0.6) is 0 Å². The summed E-state index contributed by atoms with van der Waals surface area (Å²) in [6, 6.07) is 1.92. The Morgan fingerprint density at radius 3 is 2.94 bits per heavy atom. The largest absolute Gasteiger partial charge is 0.469 e. The first-order valence-electron chi connectivity index (χ1n) is 6.02. The minimum absolute atomic E-state index is 0.211. The third kappa shape index (κ3) is 2.36. The van der Waals surface area contributed by atoms with Gasteiger partial charge in [-0.2, -0.15) is 0 Å². The maximum Gasteiger partial charge on any atom is 0.229 e. The Labute approximate surface area is 102 Å². The molecule has 0 aromatic carbocycles. The summed E-state index contributed by atoms with van der Waals surface area (Å²) in [6.45, 7) is 6.29. The predicted octanol–water partition coefficient (Wildman–Crippen LogP) is 1.55. The summed E-state index contributed by atoms with van der Waals surface area (Å²) in [5.74, 6) is 1.10. The van der Waals surface area contributed by atoms with Crippen molar-refractivity contribution in [3.63, 3.8) is 0 Å². The molecule has 4 heteroatoms. The molecule has 0 saturated carbocycles. The van der Waals surface area contributed by atoms with Gasteiger partial charge in [0.1, 0.15) is 5.76 Å². The van der Waals surface area contributed by atoms with Crippen molar-refractivity contribution in [1.82, 2.24) is 10.2 Å². The van der Waals surface area contributed by atoms with Crippen LogP contribution in [0.15, 0.2) is 16.7 Å². The highest BCUT2D eigenvalue weighted by atomic mass is 16.3. The Balaban J connectivity index is 2.03. The van der Waals surface area contributed by atoms with E-state index in [4.69, 9.17) is 4.42 Å². The Bertz CT molecular complexity index is 405. The average Bonchev–Trinajstić information content (AvgIpc) is 2.89. The van der Waals surface area contributed by atoms with E-state index in [-0.39, 0.29) is 11.3 Å². The molecule has 1 saturated heterocycles. The molecule has 0 spiro atoms. The quantitative estimate of drug-likeness (QED) is 0.866. The topological polar surface area (TPSA) is 45.5 Å². The van der Waals surface area contributed by atoms with Gasteiger partial charge in [-0.05, 0) is 32.9 Å². The molecule has 0 radical (unpaired) electrons. The van der Waals surface area contributed by atoms with Gasteiger partial charge in [-0.25, -0.2) is 0 Å². The minimum Gasteiger partial charge on any atom is -0.469 e. The predicted molar refractivity (Wildman–Crippen MR) is 65.5 cm³/mol. The molecule has 0 bridgehead atoms. The van der Waals surface area contributed by atoms with E-state index in [1.807, 2.05) is 27.0 Å². The van der Waals surface area contributed by atoms with Gasteiger partial charge >= 0.3 is 0 Å². The van der Waals surface area contributed by atoms with Crippen molar-refractivity contribution in [1.29, 1.82) is 0 Å². The first kappa shape index (κ1) is 12.2. The Kier molecular flexibility index (Phi) is 3.24. The number of carbonyl (C=O) groups excluding carboxylic acids is 1. The number of rotatable bonds is 3. The van der Waals surface area contributed by atoms with Gasteiger partial charge < -0.3 is 14.6 Å². The molecule has 1 unspecified atom stereocenters. The van der Waals surface area contributed by atoms with Crippen molar-refractivity contribution in [2.45, 2.75) is 26.8 Å². The molecule has 1 N–H and O–H groups in total. The minimum atomic E-state index is -0.244. The van der Waals surface area contributed by atoms with Crippen LogP contribution in [-0.4, -0.2) is 30.9 Å². The van der Waals surface area contributed by atoms with Crippen LogP contribution in [0, 0.1) is 12.3 Å². The van der Waals surface area contributed by atoms with Crippen molar-refractivity contribution in [2.75, 3.05) is 20.1 Å². The van der Waals surface area contributed by atoms with Crippen LogP contribution in [0.3, 0.4) is 0 Å². The van der Waals surface area contributed by atoms with Gasteiger partial charge in [0.25, 0.3) is 0 Å². The van der Waals surface area contributed by atoms with Crippen LogP contribution in [-0.2, 0) is 11.3 Å². The van der Waals surface area contributed by atoms with Crippen LogP contribution in [0.2, 0.25) is 0 Å². The molecule has 0 aliphatic carbocycles. The fraction of sp³-hybridized carbons (Fsp3) is 0.615. The summed E-state index contributed by atoms with van der Waals surface area (Å²) in [4.78, 5) is 14.2. The lowest BCUT2D eigenvalue weighted by Crippen LogP contribution is -2.41. The van der Waals surface area contributed by atoms with Crippen molar-refractivity contribution in [2.24, 2.45) is 5.41 Å². The summed E-state index contributed by atoms with van der Waals surface area (Å²) in [7, 11) is 1.86. The number of nitrogens with zero attached hydrogens (tertiary/aromatic N) is 1. The normalized spacial score (nSPS) is 23.9. The molecule has 1 aromatic heterocycles. The Morgan fingerprint density at radius 2 is 2.41 bits per heavy atom. The Hall–Kier alpha value is -1.29. The number of hydrogen-bond acceptors (Lipinski definition) is 3. The van der Waals surface area contributed by atoms with Crippen molar-refractivity contribution in [3.05, 3.63) is 23.7 Å². The van der Waals surface area contributed by atoms with E-state index in [1.54, 1.807) is 11.2 Å². The van der Waals surface area contributed by atoms with Crippen LogP contribution in [0.4, 0.5) is 0 Å². The molecule has 1 aliphatic heterocycles. The lowest BCUT2D eigenvalue weighted by atomic mass is 9.88. The number of furan rings is 1. The van der Waals surface area contributed by atoms with E-state index < -0.39 is 0 Å². The van der Waals surface area contributed by atoms with Crippen molar-refractivity contribution in [3.8, 4) is 0 Å². The van der Waals surface area contributed by atoms with Gasteiger partial charge in [0.2, 0.25) is 5.91 Å². The highest BCUT2D eigenvalue weighted by Crippen LogP contribution is 2.27. The lowest BCUT2D eigenvalue weighted by molar-refractivity contribution is -0.139. The van der Waals surface area contributed by atoms with E-state index in [9.17, 15) is 4.79 Å². The monoisotopic (exact) mass is 236 g/mol. The van der Waals surface area contributed by atoms with E-state index >= 15 is 0 Å². The van der Waals surface area contributed by atoms with E-state index in [0.717, 1.165) is 30.8 Å². The molecule has 1 aliphatic rings. The summed E-state index contributed by atoms with van der Waals surface area (Å²) < 4.78 is 5.25. The highest BCUT2D eigenvalue weighted by molar-refractivity contribution is 5.82. The van der Waals surface area contributed by atoms with E-state index in [2.05, 4.69) is 5.32 Å². The maximum absolute atomic E-state index is 12.4. The first-order chi connectivity index (χ1) is 8.03. The average molecular weight is 236 g/mol. The molecule has 1 amide bonds. The standard InChI is InChI=1S/C13H20N2O2/c1-10-11(4-7-17-10)8-15(3)12(16)13(2)5-6-14-9-13/h4,7,14H,5-6,8-9H2,1-3H3. The van der Waals surface area contributed by atoms with Crippen molar-refractivity contribution >= 4 is 5.91 Å². The number of aryl methyl sites for hydroxylation is 1. The van der Waals surface area contributed by atoms with E-state index in [1.165, 1.54) is 0 Å². The van der Waals surface area contributed by atoms with Crippen LogP contribution >= 0.6 is 0 Å². The summed E-state index contributed by atoms with van der Waals surface area (Å²) in [6.07, 6.45) is 2.59. The summed E-state index contributed by atoms with van der Waals surface area (Å²) in [5, 5.41) is 3.25. The molecular weight excluding hydrogens is 216 g/mol. The van der Waals surface area contributed by atoms with E-state index in [0.29, 0.717) is 6.54 Å². The fourth-order valence-corrected chi connectivity index (χ4v) is 2.36. The second kappa shape index (κ2) is 4.53. The Morgan fingerprint density at radius 1 is 1.65 bits per heavy atom. The summed E-state index contributed by atoms with van der Waals surface area (Å²) >= 11 is 0. The molecule has 4 nitrogen and oxygen atoms in total. The zero-order valence-electron chi connectivity index (χ0n) is 10.7. The maximum atomic E-state index is 12.4. The third-order valence-corrected chi connectivity index (χ3v) is 3.61. The van der Waals surface area contributed by atoms with Crippen LogP contribution in [0.25, 0.3) is 0 Å². The second-order valence-corrected chi connectivity index (χ2v) is 5.15. The SMILES string of the molecule is Cc1occc1CN(C)C(=O)C1(C)CCNC1. The number of nitrogens with one attached hydrogen (secondary N) is 1. The van der Waals surface area contributed by atoms with Crippen LogP contribution in [0.1, 0.15) is 24.7 Å². The lowest BCUT2D eigenvalue weighted by Gasteiger charge is -2.28.